The van der Waals surface area contributed by atoms with Crippen molar-refractivity contribution in [3.05, 3.63) is 24.7 Å². The van der Waals surface area contributed by atoms with Crippen LogP contribution in [0, 0.1) is 0 Å². The number of hydrogen-bond donors (Lipinski definition) is 0. The van der Waals surface area contributed by atoms with E-state index >= 15 is 0 Å². The fourth-order valence-electron chi connectivity index (χ4n) is 2.07. The van der Waals surface area contributed by atoms with Crippen LogP contribution < -0.4 is 0 Å². The second-order valence-corrected chi connectivity index (χ2v) is 6.48. The Balaban J connectivity index is 1.80. The maximum absolute atomic E-state index is 6.02. The molecule has 0 aliphatic carbocycles. The number of nitrogens with zero attached hydrogens (tertiary/aromatic N) is 3. The van der Waals surface area contributed by atoms with Crippen LogP contribution in [-0.2, 0) is 9.47 Å². The molecule has 2 aliphatic heterocycles. The Hall–Kier alpha value is -0.980. The van der Waals surface area contributed by atoms with Crippen molar-refractivity contribution in [1.82, 2.24) is 9.80 Å². The molecular weight excluding hydrogens is 286 g/mol. The molecule has 2 rings (SSSR count). The lowest BCUT2D eigenvalue weighted by molar-refractivity contribution is -0.0388. The molecule has 0 aromatic heterocycles. The van der Waals surface area contributed by atoms with Gasteiger partial charge in [-0.25, -0.2) is 4.99 Å². The van der Waals surface area contributed by atoms with Gasteiger partial charge in [0.05, 0.1) is 6.61 Å². The maximum atomic E-state index is 6.02. The molecule has 0 amide bonds. The number of unbranched alkanes of at least 4 members (excludes halogenated alkanes) is 1. The van der Waals surface area contributed by atoms with E-state index in [4.69, 9.17) is 9.47 Å². The molecule has 2 heterocycles. The Morgan fingerprint density at radius 2 is 2.38 bits per heavy atom. The van der Waals surface area contributed by atoms with Gasteiger partial charge in [0, 0.05) is 32.7 Å². The van der Waals surface area contributed by atoms with E-state index in [1.165, 1.54) is 0 Å². The Kier molecular flexibility index (Phi) is 6.14. The van der Waals surface area contributed by atoms with E-state index in [-0.39, 0.29) is 11.7 Å². The minimum atomic E-state index is -0.00835. The van der Waals surface area contributed by atoms with Gasteiger partial charge >= 0.3 is 0 Å². The van der Waals surface area contributed by atoms with Gasteiger partial charge in [-0.05, 0) is 12.5 Å². The van der Waals surface area contributed by atoms with E-state index in [0.29, 0.717) is 6.61 Å². The van der Waals surface area contributed by atoms with Crippen LogP contribution in [-0.4, -0.2) is 60.4 Å². The third kappa shape index (κ3) is 4.49. The molecule has 6 heteroatoms. The van der Waals surface area contributed by atoms with E-state index in [9.17, 15) is 0 Å². The van der Waals surface area contributed by atoms with Gasteiger partial charge in [0.1, 0.15) is 23.3 Å². The molecule has 0 N–H and O–H groups in total. The number of ether oxygens (including phenoxy) is 2. The minimum Gasteiger partial charge on any atom is -0.378 e. The number of likely N-dealkylation sites (N-methyl/N-ethyl adjacent to an activating group) is 1. The highest BCUT2D eigenvalue weighted by atomic mass is 32.2. The normalized spacial score (nSPS) is 25.4. The summed E-state index contributed by atoms with van der Waals surface area (Å²) in [6, 6.07) is 0. The average molecular weight is 311 g/mol. The van der Waals surface area contributed by atoms with Gasteiger partial charge in [0.2, 0.25) is 0 Å². The fraction of sp³-hybridized carbons (Fsp3) is 0.667. The molecular formula is C15H25N3O2S. The van der Waals surface area contributed by atoms with Crippen molar-refractivity contribution in [3.8, 4) is 0 Å². The zero-order valence-corrected chi connectivity index (χ0v) is 13.9. The summed E-state index contributed by atoms with van der Waals surface area (Å²) >= 11 is 1.79. The van der Waals surface area contributed by atoms with Crippen molar-refractivity contribution >= 4 is 17.6 Å². The van der Waals surface area contributed by atoms with Gasteiger partial charge < -0.3 is 19.3 Å². The van der Waals surface area contributed by atoms with Gasteiger partial charge in [-0.15, -0.1) is 11.8 Å². The van der Waals surface area contributed by atoms with Crippen LogP contribution in [0.3, 0.4) is 0 Å². The first kappa shape index (κ1) is 16.4. The topological polar surface area (TPSA) is 37.3 Å². The van der Waals surface area contributed by atoms with Crippen molar-refractivity contribution in [1.29, 1.82) is 0 Å². The van der Waals surface area contributed by atoms with Gasteiger partial charge in [-0.1, -0.05) is 19.9 Å². The molecule has 1 fully saturated rings. The summed E-state index contributed by atoms with van der Waals surface area (Å²) in [4.78, 5) is 8.44. The summed E-state index contributed by atoms with van der Waals surface area (Å²) in [5.41, 5.74) is 0.104. The van der Waals surface area contributed by atoms with E-state index < -0.39 is 0 Å². The van der Waals surface area contributed by atoms with Crippen molar-refractivity contribution < 1.29 is 9.47 Å². The Morgan fingerprint density at radius 1 is 1.57 bits per heavy atom. The zero-order valence-electron chi connectivity index (χ0n) is 13.1. The summed E-state index contributed by atoms with van der Waals surface area (Å²) < 4.78 is 11.6. The minimum absolute atomic E-state index is 0.00835. The third-order valence-corrected chi connectivity index (χ3v) is 4.42. The Labute approximate surface area is 131 Å². The monoisotopic (exact) mass is 311 g/mol. The molecule has 0 radical (unpaired) electrons. The SMILES string of the molecule is C=C1N=C(N(C)C)C=CN1[C@H]1CS[C@@H](COCCCC)O1. The summed E-state index contributed by atoms with van der Waals surface area (Å²) in [5, 5.41) is 0. The van der Waals surface area contributed by atoms with Crippen molar-refractivity contribution in [2.45, 2.75) is 31.4 Å². The third-order valence-electron chi connectivity index (χ3n) is 3.32. The molecule has 5 nitrogen and oxygen atoms in total. The standard InChI is InChI=1S/C15H25N3O2S/c1-5-6-9-19-10-15-20-14(11-21-15)18-8-7-13(17(3)4)16-12(18)2/h7-8,14-15H,2,5-6,9-11H2,1,3-4H3/t14-,15+/m1/s1. The van der Waals surface area contributed by atoms with Gasteiger partial charge in [-0.2, -0.15) is 0 Å². The highest BCUT2D eigenvalue weighted by Crippen LogP contribution is 2.30. The van der Waals surface area contributed by atoms with Gasteiger partial charge in [0.15, 0.2) is 0 Å². The lowest BCUT2D eigenvalue weighted by Gasteiger charge is -2.30. The molecule has 1 saturated heterocycles. The molecule has 0 saturated carbocycles. The van der Waals surface area contributed by atoms with Crippen LogP contribution in [0.2, 0.25) is 0 Å². The lowest BCUT2D eigenvalue weighted by atomic mass is 10.4. The van der Waals surface area contributed by atoms with Crippen LogP contribution >= 0.6 is 11.8 Å². The summed E-state index contributed by atoms with van der Waals surface area (Å²) in [7, 11) is 3.94. The van der Waals surface area contributed by atoms with Crippen LogP contribution in [0.4, 0.5) is 0 Å². The summed E-state index contributed by atoms with van der Waals surface area (Å²) in [5.74, 6) is 2.53. The molecule has 0 bridgehead atoms. The molecule has 2 aliphatic rings. The number of amidine groups is 1. The van der Waals surface area contributed by atoms with Gasteiger partial charge in [-0.3, -0.25) is 0 Å². The molecule has 118 valence electrons. The van der Waals surface area contributed by atoms with E-state index in [1.54, 1.807) is 11.8 Å². The fourth-order valence-corrected chi connectivity index (χ4v) is 3.09. The Morgan fingerprint density at radius 3 is 3.05 bits per heavy atom. The predicted octanol–water partition coefficient (Wildman–Crippen LogP) is 2.48. The van der Waals surface area contributed by atoms with Crippen molar-refractivity contribution in [2.75, 3.05) is 33.1 Å². The number of hydrogen-bond acceptors (Lipinski definition) is 6. The predicted molar refractivity (Wildman–Crippen MR) is 88.1 cm³/mol. The highest BCUT2D eigenvalue weighted by Gasteiger charge is 2.31. The van der Waals surface area contributed by atoms with Crippen LogP contribution in [0.1, 0.15) is 19.8 Å². The lowest BCUT2D eigenvalue weighted by Crippen LogP contribution is -2.35. The first-order chi connectivity index (χ1) is 10.1. The van der Waals surface area contributed by atoms with Crippen LogP contribution in [0.15, 0.2) is 29.7 Å². The molecule has 0 unspecified atom stereocenters. The molecule has 21 heavy (non-hydrogen) atoms. The summed E-state index contributed by atoms with van der Waals surface area (Å²) in [6.07, 6.45) is 6.23. The largest absolute Gasteiger partial charge is 0.378 e. The summed E-state index contributed by atoms with van der Waals surface area (Å²) in [6.45, 7) is 7.65. The number of thioether (sulfide) groups is 1. The quantitative estimate of drug-likeness (QED) is 0.705. The second-order valence-electron chi connectivity index (χ2n) is 5.29. The smallest absolute Gasteiger partial charge is 0.145 e. The highest BCUT2D eigenvalue weighted by molar-refractivity contribution is 8.00. The van der Waals surface area contributed by atoms with Crippen molar-refractivity contribution in [2.24, 2.45) is 4.99 Å². The molecule has 0 spiro atoms. The number of rotatable bonds is 6. The molecule has 0 aromatic carbocycles. The molecule has 0 aromatic rings. The van der Waals surface area contributed by atoms with Gasteiger partial charge in [0.25, 0.3) is 0 Å². The van der Waals surface area contributed by atoms with E-state index in [1.807, 2.05) is 36.2 Å². The van der Waals surface area contributed by atoms with E-state index in [2.05, 4.69) is 18.5 Å². The first-order valence-corrected chi connectivity index (χ1v) is 8.43. The average Bonchev–Trinajstić information content (AvgIpc) is 2.92. The first-order valence-electron chi connectivity index (χ1n) is 7.38. The maximum Gasteiger partial charge on any atom is 0.145 e. The van der Waals surface area contributed by atoms with E-state index in [0.717, 1.165) is 36.9 Å². The Bertz CT molecular complexity index is 423. The zero-order chi connectivity index (χ0) is 15.2. The number of aliphatic imine (C=N–C) groups is 1. The van der Waals surface area contributed by atoms with Crippen molar-refractivity contribution in [3.63, 3.8) is 0 Å². The van der Waals surface area contributed by atoms with Crippen LogP contribution in [0.5, 0.6) is 0 Å². The molecule has 2 atom stereocenters. The van der Waals surface area contributed by atoms with Crippen LogP contribution in [0.25, 0.3) is 0 Å². The second kappa shape index (κ2) is 7.87.